The molecule has 2 aromatic carbocycles. The number of halogens is 3. The van der Waals surface area contributed by atoms with Crippen molar-refractivity contribution in [3.05, 3.63) is 59.7 Å². The molecule has 21 heavy (non-hydrogen) atoms. The molecule has 112 valence electrons. The summed E-state index contributed by atoms with van der Waals surface area (Å²) in [6.07, 6.45) is -4.40. The lowest BCUT2D eigenvalue weighted by atomic mass is 10.0. The topological polar surface area (TPSA) is 55.5 Å². The summed E-state index contributed by atoms with van der Waals surface area (Å²) in [5, 5.41) is 9.28. The van der Waals surface area contributed by atoms with Crippen molar-refractivity contribution in [1.29, 1.82) is 0 Å². The Morgan fingerprint density at radius 3 is 2.48 bits per heavy atom. The molecular weight excluding hydrogens is 283 g/mol. The Labute approximate surface area is 119 Å². The molecule has 1 atom stereocenters. The minimum Gasteiger partial charge on any atom is -0.508 e. The van der Waals surface area contributed by atoms with E-state index in [0.717, 1.165) is 12.1 Å². The number of ether oxygens (including phenoxy) is 1. The minimum atomic E-state index is -4.40. The highest BCUT2D eigenvalue weighted by atomic mass is 19.4. The van der Waals surface area contributed by atoms with E-state index >= 15 is 0 Å². The van der Waals surface area contributed by atoms with Gasteiger partial charge >= 0.3 is 6.18 Å². The van der Waals surface area contributed by atoms with Crippen LogP contribution in [0.2, 0.25) is 0 Å². The van der Waals surface area contributed by atoms with Crippen LogP contribution in [0.5, 0.6) is 11.5 Å². The number of nitrogens with two attached hydrogens (primary N) is 1. The van der Waals surface area contributed by atoms with Gasteiger partial charge in [0.25, 0.3) is 0 Å². The van der Waals surface area contributed by atoms with Crippen molar-refractivity contribution in [3.63, 3.8) is 0 Å². The zero-order chi connectivity index (χ0) is 15.5. The molecule has 0 saturated carbocycles. The molecule has 3 nitrogen and oxygen atoms in total. The Morgan fingerprint density at radius 1 is 1.10 bits per heavy atom. The molecule has 0 saturated heterocycles. The fourth-order valence-electron chi connectivity index (χ4n) is 1.80. The van der Waals surface area contributed by atoms with Crippen LogP contribution in [0, 0.1) is 0 Å². The van der Waals surface area contributed by atoms with Crippen LogP contribution < -0.4 is 10.5 Å². The molecule has 0 radical (unpaired) electrons. The zero-order valence-corrected chi connectivity index (χ0v) is 11.0. The first-order valence-corrected chi connectivity index (χ1v) is 6.21. The van der Waals surface area contributed by atoms with Gasteiger partial charge in [0, 0.05) is 6.07 Å². The minimum absolute atomic E-state index is 0.00473. The average molecular weight is 297 g/mol. The Hall–Kier alpha value is -2.21. The van der Waals surface area contributed by atoms with E-state index in [1.54, 1.807) is 12.1 Å². The van der Waals surface area contributed by atoms with Crippen molar-refractivity contribution >= 4 is 0 Å². The lowest BCUT2D eigenvalue weighted by molar-refractivity contribution is -0.137. The second kappa shape index (κ2) is 6.05. The molecule has 2 aromatic rings. The maximum absolute atomic E-state index is 12.6. The van der Waals surface area contributed by atoms with E-state index in [1.165, 1.54) is 24.3 Å². The van der Waals surface area contributed by atoms with Crippen LogP contribution in [-0.4, -0.2) is 11.7 Å². The quantitative estimate of drug-likeness (QED) is 0.908. The average Bonchev–Trinajstić information content (AvgIpc) is 2.44. The van der Waals surface area contributed by atoms with E-state index < -0.39 is 17.8 Å². The fraction of sp³-hybridized carbons (Fsp3) is 0.200. The monoisotopic (exact) mass is 297 g/mol. The second-order valence-corrected chi connectivity index (χ2v) is 4.54. The molecular formula is C15H14F3NO2. The van der Waals surface area contributed by atoms with Gasteiger partial charge < -0.3 is 15.6 Å². The van der Waals surface area contributed by atoms with Crippen LogP contribution in [0.25, 0.3) is 0 Å². The molecule has 0 spiro atoms. The Balaban J connectivity index is 2.05. The largest absolute Gasteiger partial charge is 0.508 e. The second-order valence-electron chi connectivity index (χ2n) is 4.54. The SMILES string of the molecule is NC(COc1cccc(O)c1)c1cccc(C(F)(F)F)c1. The highest BCUT2D eigenvalue weighted by molar-refractivity contribution is 5.32. The first-order chi connectivity index (χ1) is 9.86. The van der Waals surface area contributed by atoms with Crippen LogP contribution >= 0.6 is 0 Å². The highest BCUT2D eigenvalue weighted by Crippen LogP contribution is 2.30. The predicted molar refractivity (Wildman–Crippen MR) is 72.0 cm³/mol. The fourth-order valence-corrected chi connectivity index (χ4v) is 1.80. The summed E-state index contributed by atoms with van der Waals surface area (Å²) in [5.41, 5.74) is 5.43. The molecule has 0 aliphatic rings. The smallest absolute Gasteiger partial charge is 0.416 e. The summed E-state index contributed by atoms with van der Waals surface area (Å²) >= 11 is 0. The molecule has 0 heterocycles. The number of hydrogen-bond donors (Lipinski definition) is 2. The third-order valence-corrected chi connectivity index (χ3v) is 2.89. The molecule has 2 rings (SSSR count). The standard InChI is InChI=1S/C15H14F3NO2/c16-15(17,18)11-4-1-3-10(7-11)14(19)9-21-13-6-2-5-12(20)8-13/h1-8,14,20H,9,19H2. The molecule has 0 aliphatic carbocycles. The number of benzene rings is 2. The molecule has 0 bridgehead atoms. The van der Waals surface area contributed by atoms with Crippen LogP contribution in [-0.2, 0) is 6.18 Å². The van der Waals surface area contributed by atoms with Gasteiger partial charge in [0.05, 0.1) is 11.6 Å². The van der Waals surface area contributed by atoms with Gasteiger partial charge in [0.2, 0.25) is 0 Å². The van der Waals surface area contributed by atoms with Crippen LogP contribution in [0.1, 0.15) is 17.2 Å². The highest BCUT2D eigenvalue weighted by Gasteiger charge is 2.30. The number of aromatic hydroxyl groups is 1. The molecule has 1 unspecified atom stereocenters. The van der Waals surface area contributed by atoms with Gasteiger partial charge in [-0.05, 0) is 29.8 Å². The van der Waals surface area contributed by atoms with Crippen LogP contribution in [0.3, 0.4) is 0 Å². The number of alkyl halides is 3. The normalized spacial score (nSPS) is 13.0. The molecule has 0 aromatic heterocycles. The van der Waals surface area contributed by atoms with Crippen molar-refractivity contribution in [2.45, 2.75) is 12.2 Å². The van der Waals surface area contributed by atoms with Gasteiger partial charge in [0.15, 0.2) is 0 Å². The predicted octanol–water partition coefficient (Wildman–Crippen LogP) is 3.49. The third-order valence-electron chi connectivity index (χ3n) is 2.89. The van der Waals surface area contributed by atoms with Crippen molar-refractivity contribution in [2.24, 2.45) is 5.73 Å². The van der Waals surface area contributed by atoms with Gasteiger partial charge in [-0.2, -0.15) is 13.2 Å². The Bertz CT molecular complexity index is 614. The summed E-state index contributed by atoms with van der Waals surface area (Å²) in [7, 11) is 0. The third kappa shape index (κ3) is 4.13. The summed E-state index contributed by atoms with van der Waals surface area (Å²) in [6.45, 7) is 0.00473. The zero-order valence-electron chi connectivity index (χ0n) is 11.0. The first-order valence-electron chi connectivity index (χ1n) is 6.21. The first kappa shape index (κ1) is 15.2. The van der Waals surface area contributed by atoms with E-state index in [0.29, 0.717) is 11.3 Å². The number of phenolic OH excluding ortho intramolecular Hbond substituents is 1. The van der Waals surface area contributed by atoms with E-state index in [-0.39, 0.29) is 12.4 Å². The lowest BCUT2D eigenvalue weighted by Gasteiger charge is -2.15. The maximum atomic E-state index is 12.6. The number of phenols is 1. The van der Waals surface area contributed by atoms with Crippen molar-refractivity contribution in [3.8, 4) is 11.5 Å². The van der Waals surface area contributed by atoms with E-state index in [4.69, 9.17) is 10.5 Å². The molecule has 0 amide bonds. The lowest BCUT2D eigenvalue weighted by Crippen LogP contribution is -2.19. The van der Waals surface area contributed by atoms with Crippen molar-refractivity contribution in [2.75, 3.05) is 6.61 Å². The summed E-state index contributed by atoms with van der Waals surface area (Å²) in [4.78, 5) is 0. The van der Waals surface area contributed by atoms with Crippen LogP contribution in [0.15, 0.2) is 48.5 Å². The van der Waals surface area contributed by atoms with Gasteiger partial charge in [-0.25, -0.2) is 0 Å². The summed E-state index contributed by atoms with van der Waals surface area (Å²) in [5.74, 6) is 0.442. The molecule has 6 heteroatoms. The van der Waals surface area contributed by atoms with E-state index in [1.807, 2.05) is 0 Å². The van der Waals surface area contributed by atoms with Gasteiger partial charge in [-0.3, -0.25) is 0 Å². The maximum Gasteiger partial charge on any atom is 0.416 e. The number of hydrogen-bond acceptors (Lipinski definition) is 3. The van der Waals surface area contributed by atoms with Gasteiger partial charge in [-0.15, -0.1) is 0 Å². The van der Waals surface area contributed by atoms with Crippen molar-refractivity contribution < 1.29 is 23.0 Å². The number of rotatable bonds is 4. The summed E-state index contributed by atoms with van der Waals surface area (Å²) in [6, 6.07) is 10.2. The van der Waals surface area contributed by atoms with Gasteiger partial charge in [0.1, 0.15) is 18.1 Å². The van der Waals surface area contributed by atoms with Crippen LogP contribution in [0.4, 0.5) is 13.2 Å². The Kier molecular flexibility index (Phi) is 4.37. The Morgan fingerprint density at radius 2 is 1.81 bits per heavy atom. The van der Waals surface area contributed by atoms with Crippen molar-refractivity contribution in [1.82, 2.24) is 0 Å². The van der Waals surface area contributed by atoms with Gasteiger partial charge in [-0.1, -0.05) is 18.2 Å². The molecule has 0 aliphatic heterocycles. The molecule has 3 N–H and O–H groups in total. The van der Waals surface area contributed by atoms with E-state index in [2.05, 4.69) is 0 Å². The summed E-state index contributed by atoms with van der Waals surface area (Å²) < 4.78 is 43.2. The van der Waals surface area contributed by atoms with E-state index in [9.17, 15) is 18.3 Å². The molecule has 0 fully saturated rings.